The zero-order valence-corrected chi connectivity index (χ0v) is 27.3. The van der Waals surface area contributed by atoms with E-state index in [1.54, 1.807) is 24.4 Å². The lowest BCUT2D eigenvalue weighted by Gasteiger charge is -2.29. The zero-order valence-electron chi connectivity index (χ0n) is 26.5. The minimum absolute atomic E-state index is 0.000864. The van der Waals surface area contributed by atoms with E-state index in [1.165, 1.54) is 13.2 Å². The molecule has 0 bridgehead atoms. The number of nitrogens with one attached hydrogen (secondary N) is 2. The van der Waals surface area contributed by atoms with E-state index in [-0.39, 0.29) is 41.8 Å². The van der Waals surface area contributed by atoms with Gasteiger partial charge in [0.1, 0.15) is 12.1 Å². The molecule has 42 heavy (non-hydrogen) atoms. The van der Waals surface area contributed by atoms with Gasteiger partial charge in [0.2, 0.25) is 11.8 Å². The van der Waals surface area contributed by atoms with Crippen LogP contribution in [0.25, 0.3) is 0 Å². The molecule has 0 fully saturated rings. The normalized spacial score (nSPS) is 19.2. The van der Waals surface area contributed by atoms with Gasteiger partial charge < -0.3 is 24.8 Å². The number of cyclic esters (lactones) is 1. The lowest BCUT2D eigenvalue weighted by atomic mass is 9.86. The van der Waals surface area contributed by atoms with Crippen molar-refractivity contribution in [3.8, 4) is 0 Å². The Morgan fingerprint density at radius 2 is 1.81 bits per heavy atom. The number of amides is 2. The third kappa shape index (κ3) is 14.7. The number of rotatable bonds is 15. The average Bonchev–Trinajstić information content (AvgIpc) is 2.89. The van der Waals surface area contributed by atoms with E-state index in [0.717, 1.165) is 5.57 Å². The van der Waals surface area contributed by atoms with Crippen LogP contribution in [-0.4, -0.2) is 49.2 Å². The first-order valence-corrected chi connectivity index (χ1v) is 14.7. The summed E-state index contributed by atoms with van der Waals surface area (Å²) in [6.07, 6.45) is 17.3. The molecule has 1 rings (SSSR count). The maximum Gasteiger partial charge on any atom is 0.373 e. The fourth-order valence-electron chi connectivity index (χ4n) is 4.16. The van der Waals surface area contributed by atoms with E-state index in [9.17, 15) is 14.4 Å². The van der Waals surface area contributed by atoms with Crippen molar-refractivity contribution in [1.29, 1.82) is 0 Å². The second kappa shape index (κ2) is 18.4. The molecule has 2 amide bonds. The summed E-state index contributed by atoms with van der Waals surface area (Å²) in [5.41, 5.74) is 0.444. The maximum atomic E-state index is 12.9. The first-order valence-electron chi connectivity index (χ1n) is 14.4. The molecule has 2 N–H and O–H groups in total. The Labute approximate surface area is 257 Å². The Kier molecular flexibility index (Phi) is 16.2. The first kappa shape index (κ1) is 36.9. The predicted molar refractivity (Wildman–Crippen MR) is 168 cm³/mol. The number of hydrogen-bond donors (Lipinski definition) is 2. The van der Waals surface area contributed by atoms with Gasteiger partial charge in [0, 0.05) is 23.4 Å². The van der Waals surface area contributed by atoms with Crippen LogP contribution >= 0.6 is 11.6 Å². The Bertz CT molecular complexity index is 1090. The van der Waals surface area contributed by atoms with E-state index in [1.807, 2.05) is 79.7 Å². The SMILES string of the molecule is COC1=CC[C@@H]([C@@H](C)/C=C(C)/C=C\C=C\C(=O)N[C@H](C(=O)N/C=C\C[C@H](C/C=C(\C)Cl)OC(C)C)C(C)(C)C)OC1=O. The minimum atomic E-state index is -0.749. The van der Waals surface area contributed by atoms with E-state index < -0.39 is 17.4 Å². The van der Waals surface area contributed by atoms with E-state index in [2.05, 4.69) is 10.6 Å². The number of hydrogen-bond acceptors (Lipinski definition) is 6. The smallest absolute Gasteiger partial charge is 0.373 e. The molecule has 234 valence electrons. The third-order valence-corrected chi connectivity index (χ3v) is 6.48. The molecule has 8 nitrogen and oxygen atoms in total. The summed E-state index contributed by atoms with van der Waals surface area (Å²) >= 11 is 5.96. The van der Waals surface area contributed by atoms with Gasteiger partial charge in [0.15, 0.2) is 5.76 Å². The highest BCUT2D eigenvalue weighted by Gasteiger charge is 2.32. The van der Waals surface area contributed by atoms with Crippen molar-refractivity contribution in [3.05, 3.63) is 71.2 Å². The molecule has 0 spiro atoms. The molecule has 0 saturated carbocycles. The number of allylic oxidation sites excluding steroid dienone is 5. The Balaban J connectivity index is 2.70. The second-order valence-corrected chi connectivity index (χ2v) is 12.3. The molecule has 1 aliphatic rings. The molecule has 0 radical (unpaired) electrons. The topological polar surface area (TPSA) is 103 Å². The Morgan fingerprint density at radius 3 is 2.38 bits per heavy atom. The van der Waals surface area contributed by atoms with Crippen LogP contribution in [-0.2, 0) is 28.6 Å². The van der Waals surface area contributed by atoms with Gasteiger partial charge in [-0.05, 0) is 58.2 Å². The van der Waals surface area contributed by atoms with Crippen LogP contribution in [0, 0.1) is 11.3 Å². The van der Waals surface area contributed by atoms with Gasteiger partial charge in [-0.25, -0.2) is 4.79 Å². The van der Waals surface area contributed by atoms with Crippen LogP contribution in [0.3, 0.4) is 0 Å². The average molecular weight is 605 g/mol. The molecule has 1 heterocycles. The van der Waals surface area contributed by atoms with Gasteiger partial charge in [-0.2, -0.15) is 0 Å². The lowest BCUT2D eigenvalue weighted by Crippen LogP contribution is -2.52. The number of carbonyl (C=O) groups excluding carboxylic acids is 3. The van der Waals surface area contributed by atoms with E-state index in [4.69, 9.17) is 25.8 Å². The molecule has 9 heteroatoms. The van der Waals surface area contributed by atoms with E-state index in [0.29, 0.717) is 24.3 Å². The fraction of sp³-hybridized carbons (Fsp3) is 0.545. The van der Waals surface area contributed by atoms with Gasteiger partial charge in [-0.15, -0.1) is 0 Å². The summed E-state index contributed by atoms with van der Waals surface area (Å²) in [5, 5.41) is 6.31. The second-order valence-electron chi connectivity index (χ2n) is 11.7. The quantitative estimate of drug-likeness (QED) is 0.127. The Morgan fingerprint density at radius 1 is 1.14 bits per heavy atom. The minimum Gasteiger partial charge on any atom is -0.490 e. The maximum absolute atomic E-state index is 12.9. The van der Waals surface area contributed by atoms with Crippen molar-refractivity contribution in [2.75, 3.05) is 7.11 Å². The lowest BCUT2D eigenvalue weighted by molar-refractivity contribution is -0.151. The highest BCUT2D eigenvalue weighted by atomic mass is 35.5. The molecule has 0 aliphatic carbocycles. The standard InChI is InChI=1S/C33H49ClN2O6/c1-22(2)41-26(17-16-25(5)34)14-12-20-35-31(38)30(33(6,7)8)36-29(37)15-11-10-13-23(3)21-24(4)27-18-19-28(40-9)32(39)42-27/h10-13,15-16,19-22,24,26-27,30H,14,17-18H2,1-9H3,(H,35,38)(H,36,37)/b13-10-,15-11+,20-12-,23-21+,25-16+/t24-,26+,27-,30+/m0/s1. The van der Waals surface area contributed by atoms with Crippen LogP contribution in [0.2, 0.25) is 0 Å². The van der Waals surface area contributed by atoms with Crippen molar-refractivity contribution in [2.45, 2.75) is 99.0 Å². The van der Waals surface area contributed by atoms with Gasteiger partial charge >= 0.3 is 5.97 Å². The number of methoxy groups -OCH3 is 1. The van der Waals surface area contributed by atoms with E-state index >= 15 is 0 Å². The van der Waals surface area contributed by atoms with Crippen molar-refractivity contribution in [1.82, 2.24) is 10.6 Å². The highest BCUT2D eigenvalue weighted by molar-refractivity contribution is 6.29. The summed E-state index contributed by atoms with van der Waals surface area (Å²) in [7, 11) is 1.44. The molecule has 0 aromatic rings. The first-order chi connectivity index (χ1) is 19.6. The summed E-state index contributed by atoms with van der Waals surface area (Å²) in [6, 6.07) is -0.749. The zero-order chi connectivity index (χ0) is 31.9. The molecule has 4 atom stereocenters. The number of halogens is 1. The predicted octanol–water partition coefficient (Wildman–Crippen LogP) is 6.40. The van der Waals surface area contributed by atoms with Crippen molar-refractivity contribution >= 4 is 29.4 Å². The van der Waals surface area contributed by atoms with Crippen molar-refractivity contribution < 1.29 is 28.6 Å². The third-order valence-electron chi connectivity index (χ3n) is 6.33. The van der Waals surface area contributed by atoms with Crippen LogP contribution in [0.15, 0.2) is 71.2 Å². The monoisotopic (exact) mass is 604 g/mol. The molecule has 0 saturated heterocycles. The van der Waals surface area contributed by atoms with Crippen LogP contribution in [0.5, 0.6) is 0 Å². The van der Waals surface area contributed by atoms with Crippen LogP contribution < -0.4 is 10.6 Å². The summed E-state index contributed by atoms with van der Waals surface area (Å²) < 4.78 is 16.4. The van der Waals surface area contributed by atoms with Crippen LogP contribution in [0.1, 0.15) is 74.7 Å². The summed E-state index contributed by atoms with van der Waals surface area (Å²) in [4.78, 5) is 37.5. The Hall–Kier alpha value is -3.10. The molecular weight excluding hydrogens is 556 g/mol. The fourth-order valence-corrected chi connectivity index (χ4v) is 4.25. The number of esters is 1. The largest absolute Gasteiger partial charge is 0.490 e. The van der Waals surface area contributed by atoms with Crippen molar-refractivity contribution in [3.63, 3.8) is 0 Å². The molecule has 1 aliphatic heterocycles. The van der Waals surface area contributed by atoms with Gasteiger partial charge in [-0.1, -0.05) is 81.3 Å². The molecule has 0 aromatic heterocycles. The number of ether oxygens (including phenoxy) is 3. The van der Waals surface area contributed by atoms with Gasteiger partial charge in [-0.3, -0.25) is 9.59 Å². The summed E-state index contributed by atoms with van der Waals surface area (Å²) in [6.45, 7) is 15.4. The molecule has 0 aromatic carbocycles. The van der Waals surface area contributed by atoms with Gasteiger partial charge in [0.05, 0.1) is 19.3 Å². The van der Waals surface area contributed by atoms with Crippen LogP contribution in [0.4, 0.5) is 0 Å². The molecular formula is C33H49ClN2O6. The van der Waals surface area contributed by atoms with Gasteiger partial charge in [0.25, 0.3) is 0 Å². The number of carbonyl (C=O) groups is 3. The molecule has 0 unspecified atom stereocenters. The van der Waals surface area contributed by atoms with Crippen molar-refractivity contribution in [2.24, 2.45) is 11.3 Å². The summed E-state index contributed by atoms with van der Waals surface area (Å²) in [5.74, 6) is -0.905. The highest BCUT2D eigenvalue weighted by Crippen LogP contribution is 2.23.